The highest BCUT2D eigenvalue weighted by Gasteiger charge is 2.09. The van der Waals surface area contributed by atoms with E-state index in [0.717, 1.165) is 5.69 Å². The Morgan fingerprint density at radius 1 is 1.09 bits per heavy atom. The van der Waals surface area contributed by atoms with Crippen LogP contribution in [0, 0.1) is 5.82 Å². The van der Waals surface area contributed by atoms with Crippen LogP contribution in [0.1, 0.15) is 10.4 Å². The monoisotopic (exact) mass is 300 g/mol. The molecule has 6 heteroatoms. The summed E-state index contributed by atoms with van der Waals surface area (Å²) in [6, 6.07) is 15.2. The highest BCUT2D eigenvalue weighted by atomic mass is 19.1. The minimum absolute atomic E-state index is 0.0156. The summed E-state index contributed by atoms with van der Waals surface area (Å²) in [4.78, 5) is 15.8. The van der Waals surface area contributed by atoms with Crippen molar-refractivity contribution >= 4 is 17.6 Å². The quantitative estimate of drug-likeness (QED) is 0.449. The third kappa shape index (κ3) is 4.59. The molecule has 0 saturated heterocycles. The molecule has 0 aliphatic rings. The number of nitrogens with zero attached hydrogens (tertiary/aromatic N) is 1. The number of benzene rings is 2. The third-order valence-corrected chi connectivity index (χ3v) is 2.84. The molecule has 22 heavy (non-hydrogen) atoms. The Morgan fingerprint density at radius 2 is 1.77 bits per heavy atom. The normalized spacial score (nSPS) is 11.0. The molecule has 0 aliphatic carbocycles. The van der Waals surface area contributed by atoms with Crippen molar-refractivity contribution in [1.82, 2.24) is 5.32 Å². The number of aliphatic imine (C=N–C) groups is 1. The van der Waals surface area contributed by atoms with E-state index in [0.29, 0.717) is 6.54 Å². The van der Waals surface area contributed by atoms with Gasteiger partial charge in [0.1, 0.15) is 5.82 Å². The largest absolute Gasteiger partial charge is 0.370 e. The summed E-state index contributed by atoms with van der Waals surface area (Å²) in [6.45, 7) is 0.566. The van der Waals surface area contributed by atoms with E-state index < -0.39 is 11.7 Å². The van der Waals surface area contributed by atoms with Crippen LogP contribution in [0.25, 0.3) is 0 Å². The SMILES string of the molecule is NC(=NCCNC(=O)c1ccccc1F)Nc1ccccc1. The molecule has 0 saturated carbocycles. The maximum Gasteiger partial charge on any atom is 0.254 e. The molecule has 0 atom stereocenters. The number of nitrogens with two attached hydrogens (primary N) is 1. The zero-order valence-corrected chi connectivity index (χ0v) is 11.9. The van der Waals surface area contributed by atoms with Crippen LogP contribution in [0.4, 0.5) is 10.1 Å². The lowest BCUT2D eigenvalue weighted by atomic mass is 10.2. The lowest BCUT2D eigenvalue weighted by Crippen LogP contribution is -2.29. The summed E-state index contributed by atoms with van der Waals surface area (Å²) in [7, 11) is 0. The number of carbonyl (C=O) groups is 1. The number of hydrogen-bond acceptors (Lipinski definition) is 2. The molecule has 0 unspecified atom stereocenters. The molecule has 5 nitrogen and oxygen atoms in total. The minimum Gasteiger partial charge on any atom is -0.370 e. The highest BCUT2D eigenvalue weighted by Crippen LogP contribution is 2.05. The molecule has 2 aromatic carbocycles. The molecular formula is C16H17FN4O. The molecule has 4 N–H and O–H groups in total. The Labute approximate surface area is 128 Å². The first kappa shape index (κ1) is 15.5. The van der Waals surface area contributed by atoms with Crippen molar-refractivity contribution in [3.8, 4) is 0 Å². The van der Waals surface area contributed by atoms with Gasteiger partial charge in [0.05, 0.1) is 12.1 Å². The lowest BCUT2D eigenvalue weighted by molar-refractivity contribution is 0.0951. The van der Waals surface area contributed by atoms with Gasteiger partial charge >= 0.3 is 0 Å². The van der Waals surface area contributed by atoms with E-state index in [1.807, 2.05) is 30.3 Å². The summed E-state index contributed by atoms with van der Waals surface area (Å²) in [5, 5.41) is 5.52. The summed E-state index contributed by atoms with van der Waals surface area (Å²) >= 11 is 0. The van der Waals surface area contributed by atoms with Gasteiger partial charge in [-0.1, -0.05) is 30.3 Å². The number of nitrogens with one attached hydrogen (secondary N) is 2. The van der Waals surface area contributed by atoms with Crippen LogP contribution in [-0.4, -0.2) is 25.0 Å². The van der Waals surface area contributed by atoms with E-state index in [2.05, 4.69) is 15.6 Å². The van der Waals surface area contributed by atoms with Gasteiger partial charge in [-0.3, -0.25) is 9.79 Å². The molecule has 114 valence electrons. The predicted molar refractivity (Wildman–Crippen MR) is 85.3 cm³/mol. The second-order valence-electron chi connectivity index (χ2n) is 4.49. The molecule has 0 bridgehead atoms. The molecule has 0 spiro atoms. The fraction of sp³-hybridized carbons (Fsp3) is 0.125. The van der Waals surface area contributed by atoms with Gasteiger partial charge in [0.2, 0.25) is 0 Å². The Bertz CT molecular complexity index is 658. The van der Waals surface area contributed by atoms with Crippen molar-refractivity contribution in [2.45, 2.75) is 0 Å². The molecular weight excluding hydrogens is 283 g/mol. The lowest BCUT2D eigenvalue weighted by Gasteiger charge is -2.06. The first-order chi connectivity index (χ1) is 10.7. The molecule has 0 heterocycles. The fourth-order valence-electron chi connectivity index (χ4n) is 1.80. The van der Waals surface area contributed by atoms with Crippen LogP contribution < -0.4 is 16.4 Å². The number of guanidine groups is 1. The topological polar surface area (TPSA) is 79.5 Å². The van der Waals surface area contributed by atoms with E-state index in [4.69, 9.17) is 5.73 Å². The van der Waals surface area contributed by atoms with Crippen molar-refractivity contribution in [3.05, 3.63) is 66.0 Å². The van der Waals surface area contributed by atoms with Gasteiger partial charge in [0.25, 0.3) is 5.91 Å². The zero-order valence-electron chi connectivity index (χ0n) is 11.9. The molecule has 2 rings (SSSR count). The average molecular weight is 300 g/mol. The van der Waals surface area contributed by atoms with Gasteiger partial charge in [-0.15, -0.1) is 0 Å². The van der Waals surface area contributed by atoms with Crippen LogP contribution in [0.5, 0.6) is 0 Å². The van der Waals surface area contributed by atoms with E-state index in [1.54, 1.807) is 6.07 Å². The summed E-state index contributed by atoms with van der Waals surface area (Å²) in [6.07, 6.45) is 0. The Hall–Kier alpha value is -2.89. The van der Waals surface area contributed by atoms with Crippen molar-refractivity contribution in [1.29, 1.82) is 0 Å². The van der Waals surface area contributed by atoms with Crippen molar-refractivity contribution in [3.63, 3.8) is 0 Å². The number of hydrogen-bond donors (Lipinski definition) is 3. The van der Waals surface area contributed by atoms with Gasteiger partial charge < -0.3 is 16.4 Å². The number of rotatable bonds is 5. The van der Waals surface area contributed by atoms with E-state index in [1.165, 1.54) is 18.2 Å². The average Bonchev–Trinajstić information content (AvgIpc) is 2.53. The second-order valence-corrected chi connectivity index (χ2v) is 4.49. The van der Waals surface area contributed by atoms with Gasteiger partial charge in [0, 0.05) is 12.2 Å². The Morgan fingerprint density at radius 3 is 2.50 bits per heavy atom. The number of amides is 1. The Balaban J connectivity index is 1.78. The van der Waals surface area contributed by atoms with E-state index >= 15 is 0 Å². The van der Waals surface area contributed by atoms with Crippen molar-refractivity contribution in [2.24, 2.45) is 10.7 Å². The van der Waals surface area contributed by atoms with E-state index in [-0.39, 0.29) is 18.1 Å². The molecule has 1 amide bonds. The van der Waals surface area contributed by atoms with Crippen molar-refractivity contribution < 1.29 is 9.18 Å². The molecule has 0 radical (unpaired) electrons. The first-order valence-corrected chi connectivity index (χ1v) is 6.81. The summed E-state index contributed by atoms with van der Waals surface area (Å²) < 4.78 is 13.4. The van der Waals surface area contributed by atoms with Gasteiger partial charge in [-0.05, 0) is 24.3 Å². The summed E-state index contributed by atoms with van der Waals surface area (Å²) in [5.74, 6) is -0.761. The molecule has 2 aromatic rings. The predicted octanol–water partition coefficient (Wildman–Crippen LogP) is 1.98. The zero-order chi connectivity index (χ0) is 15.8. The van der Waals surface area contributed by atoms with Crippen LogP contribution in [0.15, 0.2) is 59.6 Å². The smallest absolute Gasteiger partial charge is 0.254 e. The van der Waals surface area contributed by atoms with Gasteiger partial charge in [0.15, 0.2) is 5.96 Å². The molecule has 0 aliphatic heterocycles. The van der Waals surface area contributed by atoms with Gasteiger partial charge in [-0.25, -0.2) is 4.39 Å². The number of halogens is 1. The maximum atomic E-state index is 13.4. The molecule has 0 aromatic heterocycles. The van der Waals surface area contributed by atoms with Gasteiger partial charge in [-0.2, -0.15) is 0 Å². The van der Waals surface area contributed by atoms with Crippen LogP contribution in [-0.2, 0) is 0 Å². The second kappa shape index (κ2) is 7.78. The van der Waals surface area contributed by atoms with Crippen LogP contribution >= 0.6 is 0 Å². The van der Waals surface area contributed by atoms with E-state index in [9.17, 15) is 9.18 Å². The summed E-state index contributed by atoms with van der Waals surface area (Å²) in [5.41, 5.74) is 6.57. The number of para-hydroxylation sites is 1. The minimum atomic E-state index is -0.547. The highest BCUT2D eigenvalue weighted by molar-refractivity contribution is 5.94. The van der Waals surface area contributed by atoms with Crippen molar-refractivity contribution in [2.75, 3.05) is 18.4 Å². The first-order valence-electron chi connectivity index (χ1n) is 6.81. The fourth-order valence-corrected chi connectivity index (χ4v) is 1.80. The standard InChI is InChI=1S/C16H17FN4O/c17-14-9-5-4-8-13(14)15(22)19-10-11-20-16(18)21-12-6-2-1-3-7-12/h1-9H,10-11H2,(H,19,22)(H3,18,20,21). The number of anilines is 1. The maximum absolute atomic E-state index is 13.4. The molecule has 0 fully saturated rings. The third-order valence-electron chi connectivity index (χ3n) is 2.84. The Kier molecular flexibility index (Phi) is 5.48. The van der Waals surface area contributed by atoms with Crippen LogP contribution in [0.2, 0.25) is 0 Å². The number of carbonyl (C=O) groups excluding carboxylic acids is 1. The van der Waals surface area contributed by atoms with Crippen LogP contribution in [0.3, 0.4) is 0 Å².